The molecule has 27 heavy (non-hydrogen) atoms. The molecule has 2 aromatic rings. The first kappa shape index (κ1) is 18.7. The minimum Gasteiger partial charge on any atom is -0.494 e. The SMILES string of the molecule is CCOc1ccc(C2=C(N(CC)c3ccccc3)C(=O)N(CC)C2=O)cc1. The summed E-state index contributed by atoms with van der Waals surface area (Å²) in [5, 5.41) is 0. The van der Waals surface area contributed by atoms with Gasteiger partial charge in [-0.1, -0.05) is 30.3 Å². The maximum atomic E-state index is 13.1. The molecule has 1 aliphatic heterocycles. The molecule has 2 amide bonds. The highest BCUT2D eigenvalue weighted by molar-refractivity contribution is 6.36. The Balaban J connectivity index is 2.13. The van der Waals surface area contributed by atoms with E-state index >= 15 is 0 Å². The molecular formula is C22H24N2O3. The Labute approximate surface area is 159 Å². The number of imide groups is 1. The summed E-state index contributed by atoms with van der Waals surface area (Å²) in [6, 6.07) is 17.0. The van der Waals surface area contributed by atoms with Gasteiger partial charge in [0, 0.05) is 18.8 Å². The van der Waals surface area contributed by atoms with Crippen LogP contribution in [0.3, 0.4) is 0 Å². The molecule has 0 aromatic heterocycles. The molecule has 0 bridgehead atoms. The van der Waals surface area contributed by atoms with Crippen molar-refractivity contribution in [2.45, 2.75) is 20.8 Å². The Morgan fingerprint density at radius 3 is 2.11 bits per heavy atom. The lowest BCUT2D eigenvalue weighted by atomic mass is 10.0. The maximum absolute atomic E-state index is 13.1. The Kier molecular flexibility index (Phi) is 5.60. The van der Waals surface area contributed by atoms with Crippen molar-refractivity contribution in [1.82, 2.24) is 4.90 Å². The fourth-order valence-electron chi connectivity index (χ4n) is 3.32. The summed E-state index contributed by atoms with van der Waals surface area (Å²) in [5.41, 5.74) is 2.48. The lowest BCUT2D eigenvalue weighted by Crippen LogP contribution is -2.35. The highest BCUT2D eigenvalue weighted by Crippen LogP contribution is 2.34. The molecule has 5 heteroatoms. The zero-order valence-corrected chi connectivity index (χ0v) is 15.9. The number of nitrogens with zero attached hydrogens (tertiary/aromatic N) is 2. The zero-order valence-electron chi connectivity index (χ0n) is 15.9. The smallest absolute Gasteiger partial charge is 0.278 e. The first-order valence-electron chi connectivity index (χ1n) is 9.28. The van der Waals surface area contributed by atoms with Crippen LogP contribution in [0.2, 0.25) is 0 Å². The third kappa shape index (κ3) is 3.45. The molecule has 0 spiro atoms. The van der Waals surface area contributed by atoms with Crippen molar-refractivity contribution >= 4 is 23.1 Å². The Morgan fingerprint density at radius 1 is 0.889 bits per heavy atom. The van der Waals surface area contributed by atoms with Crippen LogP contribution >= 0.6 is 0 Å². The molecule has 5 nitrogen and oxygen atoms in total. The topological polar surface area (TPSA) is 49.9 Å². The number of likely N-dealkylation sites (N-methyl/N-ethyl adjacent to an activating group) is 2. The predicted molar refractivity (Wildman–Crippen MR) is 106 cm³/mol. The van der Waals surface area contributed by atoms with Crippen LogP contribution in [0.1, 0.15) is 26.3 Å². The molecule has 0 fully saturated rings. The van der Waals surface area contributed by atoms with E-state index in [9.17, 15) is 9.59 Å². The number of para-hydroxylation sites is 1. The van der Waals surface area contributed by atoms with Gasteiger partial charge in [-0.25, -0.2) is 0 Å². The predicted octanol–water partition coefficient (Wildman–Crippen LogP) is 3.71. The first-order chi connectivity index (χ1) is 13.1. The second-order valence-corrected chi connectivity index (χ2v) is 6.12. The summed E-state index contributed by atoms with van der Waals surface area (Å²) in [5.74, 6) is 0.232. The van der Waals surface area contributed by atoms with Gasteiger partial charge in [0.15, 0.2) is 0 Å². The summed E-state index contributed by atoms with van der Waals surface area (Å²) in [6.07, 6.45) is 0. The quantitative estimate of drug-likeness (QED) is 0.703. The van der Waals surface area contributed by atoms with Gasteiger partial charge in [-0.15, -0.1) is 0 Å². The van der Waals surface area contributed by atoms with E-state index in [2.05, 4.69) is 0 Å². The molecule has 1 heterocycles. The van der Waals surface area contributed by atoms with Crippen LogP contribution in [0.15, 0.2) is 60.3 Å². The summed E-state index contributed by atoms with van der Waals surface area (Å²) in [7, 11) is 0. The van der Waals surface area contributed by atoms with Crippen molar-refractivity contribution in [1.29, 1.82) is 0 Å². The Bertz CT molecular complexity index is 857. The molecule has 140 valence electrons. The molecule has 0 N–H and O–H groups in total. The van der Waals surface area contributed by atoms with Gasteiger partial charge in [-0.3, -0.25) is 14.5 Å². The van der Waals surface area contributed by atoms with E-state index in [0.717, 1.165) is 17.0 Å². The largest absolute Gasteiger partial charge is 0.494 e. The van der Waals surface area contributed by atoms with E-state index in [-0.39, 0.29) is 11.8 Å². The Morgan fingerprint density at radius 2 is 1.56 bits per heavy atom. The standard InChI is InChI=1S/C22H24N2O3/c1-4-23(17-10-8-7-9-11-17)20-19(21(25)24(5-2)22(20)26)16-12-14-18(15-13-16)27-6-3/h7-15H,4-6H2,1-3H3. The minimum atomic E-state index is -0.254. The van der Waals surface area contributed by atoms with E-state index in [4.69, 9.17) is 4.74 Å². The second-order valence-electron chi connectivity index (χ2n) is 6.12. The number of hydrogen-bond donors (Lipinski definition) is 0. The summed E-state index contributed by atoms with van der Waals surface area (Å²) in [4.78, 5) is 29.3. The highest BCUT2D eigenvalue weighted by Gasteiger charge is 2.40. The lowest BCUT2D eigenvalue weighted by Gasteiger charge is -2.24. The molecule has 0 saturated heterocycles. The monoisotopic (exact) mass is 364 g/mol. The fourth-order valence-corrected chi connectivity index (χ4v) is 3.32. The second kappa shape index (κ2) is 8.08. The summed E-state index contributed by atoms with van der Waals surface area (Å²) in [6.45, 7) is 7.21. The maximum Gasteiger partial charge on any atom is 0.278 e. The van der Waals surface area contributed by atoms with Gasteiger partial charge in [0.1, 0.15) is 11.4 Å². The average Bonchev–Trinajstić information content (AvgIpc) is 2.94. The number of anilines is 1. The molecule has 0 unspecified atom stereocenters. The molecule has 0 aliphatic carbocycles. The van der Waals surface area contributed by atoms with Gasteiger partial charge in [-0.2, -0.15) is 0 Å². The van der Waals surface area contributed by atoms with Gasteiger partial charge in [-0.05, 0) is 50.6 Å². The first-order valence-corrected chi connectivity index (χ1v) is 9.28. The number of ether oxygens (including phenoxy) is 1. The molecule has 1 aliphatic rings. The molecule has 3 rings (SSSR count). The molecule has 0 saturated carbocycles. The van der Waals surface area contributed by atoms with E-state index in [1.54, 1.807) is 0 Å². The Hall–Kier alpha value is -3.08. The van der Waals surface area contributed by atoms with E-state index in [0.29, 0.717) is 31.0 Å². The molecule has 0 atom stereocenters. The van der Waals surface area contributed by atoms with Crippen LogP contribution in [-0.2, 0) is 9.59 Å². The molecule has 2 aromatic carbocycles. The number of rotatable bonds is 7. The van der Waals surface area contributed by atoms with Crippen LogP contribution in [-0.4, -0.2) is 36.4 Å². The van der Waals surface area contributed by atoms with Crippen molar-refractivity contribution in [3.63, 3.8) is 0 Å². The fraction of sp³-hybridized carbons (Fsp3) is 0.273. The summed E-state index contributed by atoms with van der Waals surface area (Å²) >= 11 is 0. The lowest BCUT2D eigenvalue weighted by molar-refractivity contribution is -0.136. The number of carbonyl (C=O) groups excluding carboxylic acids is 2. The van der Waals surface area contributed by atoms with Crippen LogP contribution < -0.4 is 9.64 Å². The van der Waals surface area contributed by atoms with Gasteiger partial charge in [0.2, 0.25) is 0 Å². The summed E-state index contributed by atoms with van der Waals surface area (Å²) < 4.78 is 5.49. The molecular weight excluding hydrogens is 340 g/mol. The van der Waals surface area contributed by atoms with Gasteiger partial charge in [0.05, 0.1) is 12.2 Å². The normalized spacial score (nSPS) is 14.1. The van der Waals surface area contributed by atoms with Crippen LogP contribution in [0.5, 0.6) is 5.75 Å². The third-order valence-electron chi connectivity index (χ3n) is 4.57. The molecule has 0 radical (unpaired) electrons. The van der Waals surface area contributed by atoms with Gasteiger partial charge in [0.25, 0.3) is 11.8 Å². The van der Waals surface area contributed by atoms with Crippen molar-refractivity contribution in [2.24, 2.45) is 0 Å². The van der Waals surface area contributed by atoms with E-state index in [1.807, 2.05) is 80.3 Å². The van der Waals surface area contributed by atoms with Crippen molar-refractivity contribution in [3.8, 4) is 5.75 Å². The number of carbonyl (C=O) groups is 2. The minimum absolute atomic E-state index is 0.253. The number of amides is 2. The van der Waals surface area contributed by atoms with Gasteiger partial charge >= 0.3 is 0 Å². The highest BCUT2D eigenvalue weighted by atomic mass is 16.5. The number of benzene rings is 2. The van der Waals surface area contributed by atoms with Crippen LogP contribution in [0.25, 0.3) is 5.57 Å². The van der Waals surface area contributed by atoms with Crippen molar-refractivity contribution in [3.05, 3.63) is 65.9 Å². The van der Waals surface area contributed by atoms with Gasteiger partial charge < -0.3 is 9.64 Å². The van der Waals surface area contributed by atoms with Crippen LogP contribution in [0.4, 0.5) is 5.69 Å². The zero-order chi connectivity index (χ0) is 19.4. The van der Waals surface area contributed by atoms with Crippen LogP contribution in [0, 0.1) is 0 Å². The van der Waals surface area contributed by atoms with E-state index < -0.39 is 0 Å². The van der Waals surface area contributed by atoms with Crippen molar-refractivity contribution in [2.75, 3.05) is 24.6 Å². The van der Waals surface area contributed by atoms with E-state index in [1.165, 1.54) is 4.90 Å². The van der Waals surface area contributed by atoms with Crippen molar-refractivity contribution < 1.29 is 14.3 Å². The number of hydrogen-bond acceptors (Lipinski definition) is 4. The third-order valence-corrected chi connectivity index (χ3v) is 4.57. The average molecular weight is 364 g/mol.